The van der Waals surface area contributed by atoms with Crippen LogP contribution in [0.25, 0.3) is 44.5 Å². The molecule has 6 aromatic rings. The molecule has 2 aromatic carbocycles. The van der Waals surface area contributed by atoms with Gasteiger partial charge in [-0.25, -0.2) is 4.98 Å². The Balaban J connectivity index is 1.50. The van der Waals surface area contributed by atoms with Gasteiger partial charge in [0.25, 0.3) is 0 Å². The molecule has 0 bridgehead atoms. The van der Waals surface area contributed by atoms with E-state index in [1.807, 2.05) is 44.4 Å². The molecule has 0 saturated heterocycles. The Morgan fingerprint density at radius 2 is 1.79 bits per heavy atom. The van der Waals surface area contributed by atoms with Crippen LogP contribution in [0, 0.1) is 0 Å². The highest BCUT2D eigenvalue weighted by Gasteiger charge is 2.31. The van der Waals surface area contributed by atoms with Crippen LogP contribution in [0.2, 0.25) is 0 Å². The highest BCUT2D eigenvalue weighted by Crippen LogP contribution is 2.35. The van der Waals surface area contributed by atoms with Crippen LogP contribution in [-0.2, 0) is 6.18 Å². The molecule has 11 heteroatoms. The monoisotopic (exact) mass is 516 g/mol. The van der Waals surface area contributed by atoms with Crippen LogP contribution >= 0.6 is 0 Å². The first-order valence-electron chi connectivity index (χ1n) is 12.0. The van der Waals surface area contributed by atoms with Gasteiger partial charge in [0.15, 0.2) is 0 Å². The Labute approximate surface area is 215 Å². The molecule has 6 rings (SSSR count). The first-order valence-corrected chi connectivity index (χ1v) is 12.0. The Hall–Kier alpha value is -4.51. The van der Waals surface area contributed by atoms with Gasteiger partial charge in [0.1, 0.15) is 12.1 Å². The zero-order valence-electron chi connectivity index (χ0n) is 20.6. The Kier molecular flexibility index (Phi) is 5.72. The normalized spacial score (nSPS) is 12.3. The third kappa shape index (κ3) is 4.20. The lowest BCUT2D eigenvalue weighted by molar-refractivity contribution is -0.137. The van der Waals surface area contributed by atoms with E-state index in [9.17, 15) is 13.2 Å². The fraction of sp³-hybridized carbons (Fsp3) is 0.185. The van der Waals surface area contributed by atoms with E-state index in [4.69, 9.17) is 0 Å². The Morgan fingerprint density at radius 3 is 2.55 bits per heavy atom. The van der Waals surface area contributed by atoms with Crippen molar-refractivity contribution in [3.63, 3.8) is 0 Å². The maximum atomic E-state index is 13.5. The maximum absolute atomic E-state index is 13.5. The van der Waals surface area contributed by atoms with Gasteiger partial charge in [0, 0.05) is 35.9 Å². The van der Waals surface area contributed by atoms with Gasteiger partial charge < -0.3 is 10.2 Å². The van der Waals surface area contributed by atoms with Crippen LogP contribution in [0.1, 0.15) is 5.56 Å². The molecule has 4 aromatic heterocycles. The number of rotatable bonds is 6. The highest BCUT2D eigenvalue weighted by atomic mass is 19.4. The van der Waals surface area contributed by atoms with Crippen molar-refractivity contribution < 1.29 is 13.2 Å². The SMILES string of the molecule is CN(C)CCNc1ccc(-c2ccc3ncc4c(c3c2)n(-c2cccc(C(F)(F)F)c2)c2nncn42)cn1. The lowest BCUT2D eigenvalue weighted by atomic mass is 10.0. The first kappa shape index (κ1) is 23.9. The lowest BCUT2D eigenvalue weighted by Gasteiger charge is -2.12. The second kappa shape index (κ2) is 9.10. The molecule has 0 unspecified atom stereocenters. The van der Waals surface area contributed by atoms with Gasteiger partial charge in [-0.3, -0.25) is 14.0 Å². The van der Waals surface area contributed by atoms with Crippen molar-refractivity contribution in [1.29, 1.82) is 0 Å². The number of anilines is 1. The topological polar surface area (TPSA) is 76.2 Å². The largest absolute Gasteiger partial charge is 0.416 e. The molecule has 0 aliphatic heterocycles. The van der Waals surface area contributed by atoms with Crippen molar-refractivity contribution in [3.8, 4) is 16.8 Å². The van der Waals surface area contributed by atoms with E-state index in [0.29, 0.717) is 28.0 Å². The number of alkyl halides is 3. The molecule has 1 N–H and O–H groups in total. The Morgan fingerprint density at radius 1 is 0.947 bits per heavy atom. The Bertz CT molecular complexity index is 1770. The summed E-state index contributed by atoms with van der Waals surface area (Å²) in [5.74, 6) is 1.18. The van der Waals surface area contributed by atoms with E-state index >= 15 is 0 Å². The number of hydrogen-bond acceptors (Lipinski definition) is 6. The number of nitrogens with one attached hydrogen (secondary N) is 1. The van der Waals surface area contributed by atoms with Crippen molar-refractivity contribution in [2.45, 2.75) is 6.18 Å². The van der Waals surface area contributed by atoms with E-state index in [2.05, 4.69) is 30.4 Å². The molecule has 0 radical (unpaired) electrons. The van der Waals surface area contributed by atoms with Crippen LogP contribution in [0.3, 0.4) is 0 Å². The molecular formula is C27H23F3N8. The number of imidazole rings is 1. The zero-order valence-corrected chi connectivity index (χ0v) is 20.6. The van der Waals surface area contributed by atoms with Crippen LogP contribution in [0.4, 0.5) is 19.0 Å². The summed E-state index contributed by atoms with van der Waals surface area (Å²) < 4.78 is 44.0. The number of aromatic nitrogens is 6. The van der Waals surface area contributed by atoms with Crippen LogP contribution < -0.4 is 5.32 Å². The molecule has 192 valence electrons. The van der Waals surface area contributed by atoms with Gasteiger partial charge in [0.05, 0.1) is 28.3 Å². The number of hydrogen-bond donors (Lipinski definition) is 1. The summed E-state index contributed by atoms with van der Waals surface area (Å²) >= 11 is 0. The fourth-order valence-electron chi connectivity index (χ4n) is 4.55. The number of halogens is 3. The molecule has 8 nitrogen and oxygen atoms in total. The second-order valence-corrected chi connectivity index (χ2v) is 9.27. The summed E-state index contributed by atoms with van der Waals surface area (Å²) in [5.41, 5.74) is 3.50. The van der Waals surface area contributed by atoms with Crippen LogP contribution in [0.15, 0.2) is 73.3 Å². The molecule has 0 fully saturated rings. The third-order valence-corrected chi connectivity index (χ3v) is 6.43. The van der Waals surface area contributed by atoms with Gasteiger partial charge in [-0.05, 0) is 62.1 Å². The minimum absolute atomic E-state index is 0.334. The van der Waals surface area contributed by atoms with Crippen LogP contribution in [0.5, 0.6) is 0 Å². The average Bonchev–Trinajstić information content (AvgIpc) is 3.49. The first-order chi connectivity index (χ1) is 18.3. The molecule has 38 heavy (non-hydrogen) atoms. The van der Waals surface area contributed by atoms with Crippen molar-refractivity contribution in [2.75, 3.05) is 32.5 Å². The predicted octanol–water partition coefficient (Wildman–Crippen LogP) is 5.28. The molecule has 0 saturated carbocycles. The summed E-state index contributed by atoms with van der Waals surface area (Å²) in [4.78, 5) is 11.2. The minimum atomic E-state index is -4.47. The standard InChI is InChI=1S/C27H23F3N8/c1-36(2)11-10-31-24-9-7-18(14-33-24)17-6-8-22-21(12-17)25-23(15-32-22)37-16-34-35-26(37)38(25)20-5-3-4-19(13-20)27(28,29)30/h3-9,12-16H,10-11H2,1-2H3,(H,31,33). The molecule has 0 amide bonds. The summed E-state index contributed by atoms with van der Waals surface area (Å²) in [5, 5.41) is 12.3. The summed E-state index contributed by atoms with van der Waals surface area (Å²) in [7, 11) is 4.03. The zero-order chi connectivity index (χ0) is 26.4. The molecule has 0 atom stereocenters. The molecule has 0 spiro atoms. The molecule has 0 aliphatic rings. The van der Waals surface area contributed by atoms with E-state index in [0.717, 1.165) is 47.6 Å². The molecular weight excluding hydrogens is 493 g/mol. The van der Waals surface area contributed by atoms with Gasteiger partial charge >= 0.3 is 6.18 Å². The maximum Gasteiger partial charge on any atom is 0.416 e. The van der Waals surface area contributed by atoms with Gasteiger partial charge in [0.2, 0.25) is 5.78 Å². The van der Waals surface area contributed by atoms with E-state index in [-0.39, 0.29) is 0 Å². The van der Waals surface area contributed by atoms with Crippen molar-refractivity contribution >= 4 is 33.5 Å². The molecule has 4 heterocycles. The number of nitrogens with zero attached hydrogens (tertiary/aromatic N) is 7. The molecule has 0 aliphatic carbocycles. The number of likely N-dealkylation sites (N-methyl/N-ethyl adjacent to an activating group) is 1. The van der Waals surface area contributed by atoms with E-state index < -0.39 is 11.7 Å². The van der Waals surface area contributed by atoms with Crippen molar-refractivity contribution in [3.05, 3.63) is 78.9 Å². The highest BCUT2D eigenvalue weighted by molar-refractivity contribution is 6.06. The number of fused-ring (bicyclic) bond motifs is 5. The summed E-state index contributed by atoms with van der Waals surface area (Å²) in [6.45, 7) is 1.67. The quantitative estimate of drug-likeness (QED) is 0.325. The lowest BCUT2D eigenvalue weighted by Crippen LogP contribution is -2.21. The average molecular weight is 517 g/mol. The summed E-state index contributed by atoms with van der Waals surface area (Å²) in [6, 6.07) is 15.0. The van der Waals surface area contributed by atoms with E-state index in [1.54, 1.807) is 27.4 Å². The predicted molar refractivity (Wildman–Crippen MR) is 140 cm³/mol. The second-order valence-electron chi connectivity index (χ2n) is 9.27. The smallest absolute Gasteiger partial charge is 0.369 e. The van der Waals surface area contributed by atoms with Gasteiger partial charge in [-0.1, -0.05) is 12.1 Å². The van der Waals surface area contributed by atoms with Crippen molar-refractivity contribution in [1.82, 2.24) is 34.0 Å². The van der Waals surface area contributed by atoms with Crippen LogP contribution in [-0.4, -0.2) is 61.2 Å². The minimum Gasteiger partial charge on any atom is -0.369 e. The van der Waals surface area contributed by atoms with Gasteiger partial charge in [-0.2, -0.15) is 13.2 Å². The number of benzene rings is 2. The van der Waals surface area contributed by atoms with Gasteiger partial charge in [-0.15, -0.1) is 10.2 Å². The summed E-state index contributed by atoms with van der Waals surface area (Å²) in [6.07, 6.45) is 0.550. The van der Waals surface area contributed by atoms with Crippen molar-refractivity contribution in [2.24, 2.45) is 0 Å². The number of pyridine rings is 2. The van der Waals surface area contributed by atoms with E-state index in [1.165, 1.54) is 12.4 Å². The fourth-order valence-corrected chi connectivity index (χ4v) is 4.55. The third-order valence-electron chi connectivity index (χ3n) is 6.43.